The van der Waals surface area contributed by atoms with E-state index in [-0.39, 0.29) is 12.5 Å². The van der Waals surface area contributed by atoms with Crippen LogP contribution in [0.1, 0.15) is 0 Å². The maximum Gasteiger partial charge on any atom is 0.410 e. The van der Waals surface area contributed by atoms with Gasteiger partial charge in [0.15, 0.2) is 0 Å². The highest BCUT2D eigenvalue weighted by atomic mass is 35.5. The number of hydrogen-bond acceptors (Lipinski definition) is 3. The first kappa shape index (κ1) is 13.0. The summed E-state index contributed by atoms with van der Waals surface area (Å²) in [6.45, 7) is 0.700. The van der Waals surface area contributed by atoms with E-state index in [0.717, 1.165) is 0 Å². The van der Waals surface area contributed by atoms with Gasteiger partial charge in [0.05, 0.1) is 16.6 Å². The van der Waals surface area contributed by atoms with E-state index in [1.54, 1.807) is 18.2 Å². The summed E-state index contributed by atoms with van der Waals surface area (Å²) in [6.07, 6.45) is -0.473. The van der Waals surface area contributed by atoms with E-state index in [9.17, 15) is 9.59 Å². The summed E-state index contributed by atoms with van der Waals surface area (Å²) in [5.74, 6) is -0.313. The number of benzene rings is 1. The highest BCUT2D eigenvalue weighted by molar-refractivity contribution is 6.42. The number of nitrogens with one attached hydrogen (secondary N) is 1. The van der Waals surface area contributed by atoms with Crippen molar-refractivity contribution in [2.45, 2.75) is 0 Å². The fourth-order valence-electron chi connectivity index (χ4n) is 1.52. The van der Waals surface area contributed by atoms with Crippen molar-refractivity contribution in [2.75, 3.05) is 25.0 Å². The second-order valence-corrected chi connectivity index (χ2v) is 4.53. The Kier molecular flexibility index (Phi) is 3.93. The van der Waals surface area contributed by atoms with Crippen LogP contribution in [-0.4, -0.2) is 36.6 Å². The fraction of sp³-hybridized carbons (Fsp3) is 0.273. The second-order valence-electron chi connectivity index (χ2n) is 3.71. The number of nitrogens with zero attached hydrogens (tertiary/aromatic N) is 1. The van der Waals surface area contributed by atoms with Crippen LogP contribution in [0.4, 0.5) is 10.5 Å². The van der Waals surface area contributed by atoms with Crippen LogP contribution in [0.25, 0.3) is 0 Å². The molecule has 2 amide bonds. The van der Waals surface area contributed by atoms with Gasteiger partial charge in [-0.05, 0) is 18.2 Å². The molecule has 96 valence electrons. The molecule has 0 unspecified atom stereocenters. The van der Waals surface area contributed by atoms with E-state index in [2.05, 4.69) is 5.32 Å². The summed E-state index contributed by atoms with van der Waals surface area (Å²) in [5.41, 5.74) is 0.530. The fourth-order valence-corrected chi connectivity index (χ4v) is 1.82. The van der Waals surface area contributed by atoms with Gasteiger partial charge in [-0.3, -0.25) is 9.69 Å². The Hall–Kier alpha value is -1.46. The highest BCUT2D eigenvalue weighted by Gasteiger charge is 2.24. The molecule has 18 heavy (non-hydrogen) atoms. The molecule has 0 bridgehead atoms. The summed E-state index contributed by atoms with van der Waals surface area (Å²) < 4.78 is 4.72. The molecule has 1 heterocycles. The first-order chi connectivity index (χ1) is 8.56. The lowest BCUT2D eigenvalue weighted by molar-refractivity contribution is -0.116. The predicted molar refractivity (Wildman–Crippen MR) is 68.0 cm³/mol. The van der Waals surface area contributed by atoms with Crippen LogP contribution in [0, 0.1) is 0 Å². The molecular formula is C11H10Cl2N2O3. The minimum absolute atomic E-state index is 0.0426. The molecule has 1 fully saturated rings. The molecule has 1 aromatic rings. The molecule has 1 saturated heterocycles. The molecule has 7 heteroatoms. The molecule has 0 saturated carbocycles. The third-order valence-electron chi connectivity index (χ3n) is 2.38. The van der Waals surface area contributed by atoms with E-state index in [1.807, 2.05) is 0 Å². The van der Waals surface area contributed by atoms with Gasteiger partial charge in [0.1, 0.15) is 13.2 Å². The van der Waals surface area contributed by atoms with Gasteiger partial charge >= 0.3 is 6.09 Å². The number of ether oxygens (including phenoxy) is 1. The molecule has 5 nitrogen and oxygen atoms in total. The van der Waals surface area contributed by atoms with Gasteiger partial charge in [-0.25, -0.2) is 4.79 Å². The van der Waals surface area contributed by atoms with Crippen molar-refractivity contribution in [2.24, 2.45) is 0 Å². The standard InChI is InChI=1S/C11H10Cl2N2O3/c12-8-2-1-7(5-9(8)13)14-10(16)6-15-3-4-18-11(15)17/h1-2,5H,3-4,6H2,(H,14,16). The zero-order valence-electron chi connectivity index (χ0n) is 9.28. The maximum absolute atomic E-state index is 11.7. The summed E-state index contributed by atoms with van der Waals surface area (Å²) in [6, 6.07) is 4.77. The molecule has 0 spiro atoms. The van der Waals surface area contributed by atoms with Crippen LogP contribution in [0.5, 0.6) is 0 Å². The van der Waals surface area contributed by atoms with E-state index in [4.69, 9.17) is 27.9 Å². The Bertz CT molecular complexity index is 493. The predicted octanol–water partition coefficient (Wildman–Crippen LogP) is 2.38. The topological polar surface area (TPSA) is 58.6 Å². The highest BCUT2D eigenvalue weighted by Crippen LogP contribution is 2.24. The monoisotopic (exact) mass is 288 g/mol. The molecule has 0 radical (unpaired) electrons. The second kappa shape index (κ2) is 5.46. The lowest BCUT2D eigenvalue weighted by Crippen LogP contribution is -2.33. The van der Waals surface area contributed by atoms with Crippen molar-refractivity contribution < 1.29 is 14.3 Å². The van der Waals surface area contributed by atoms with Gasteiger partial charge in [-0.15, -0.1) is 0 Å². The number of anilines is 1. The summed E-state index contributed by atoms with van der Waals surface area (Å²) in [5, 5.41) is 3.40. The van der Waals surface area contributed by atoms with Crippen molar-refractivity contribution in [3.63, 3.8) is 0 Å². The van der Waals surface area contributed by atoms with Crippen molar-refractivity contribution in [1.29, 1.82) is 0 Å². The maximum atomic E-state index is 11.7. The number of halogens is 2. The lowest BCUT2D eigenvalue weighted by atomic mass is 10.3. The molecule has 1 N–H and O–H groups in total. The van der Waals surface area contributed by atoms with Gasteiger partial charge in [0.25, 0.3) is 0 Å². The van der Waals surface area contributed by atoms with Gasteiger partial charge in [-0.1, -0.05) is 23.2 Å². The molecular weight excluding hydrogens is 279 g/mol. The minimum Gasteiger partial charge on any atom is -0.448 e. The smallest absolute Gasteiger partial charge is 0.410 e. The van der Waals surface area contributed by atoms with Crippen molar-refractivity contribution >= 4 is 40.9 Å². The van der Waals surface area contributed by atoms with Crippen LogP contribution in [-0.2, 0) is 9.53 Å². The van der Waals surface area contributed by atoms with Crippen molar-refractivity contribution in [3.05, 3.63) is 28.2 Å². The zero-order chi connectivity index (χ0) is 13.1. The van der Waals surface area contributed by atoms with Crippen LogP contribution >= 0.6 is 23.2 Å². The van der Waals surface area contributed by atoms with Crippen molar-refractivity contribution in [1.82, 2.24) is 4.90 Å². The molecule has 0 atom stereocenters. The number of amides is 2. The Labute approximate surface area is 114 Å². The minimum atomic E-state index is -0.473. The number of carbonyl (C=O) groups is 2. The summed E-state index contributed by atoms with van der Waals surface area (Å²) in [7, 11) is 0. The quantitative estimate of drug-likeness (QED) is 0.929. The molecule has 1 aliphatic heterocycles. The largest absolute Gasteiger partial charge is 0.448 e. The summed E-state index contributed by atoms with van der Waals surface area (Å²) >= 11 is 11.6. The third kappa shape index (κ3) is 3.05. The average Bonchev–Trinajstić information content (AvgIpc) is 2.70. The zero-order valence-corrected chi connectivity index (χ0v) is 10.8. The van der Waals surface area contributed by atoms with Gasteiger partial charge in [0.2, 0.25) is 5.91 Å². The Morgan fingerprint density at radius 2 is 2.17 bits per heavy atom. The number of rotatable bonds is 3. The van der Waals surface area contributed by atoms with Crippen LogP contribution in [0.2, 0.25) is 10.0 Å². The lowest BCUT2D eigenvalue weighted by Gasteiger charge is -2.12. The Morgan fingerprint density at radius 1 is 1.39 bits per heavy atom. The number of hydrogen-bond donors (Lipinski definition) is 1. The summed E-state index contributed by atoms with van der Waals surface area (Å²) in [4.78, 5) is 24.1. The van der Waals surface area contributed by atoms with Crippen LogP contribution in [0.15, 0.2) is 18.2 Å². The van der Waals surface area contributed by atoms with E-state index >= 15 is 0 Å². The molecule has 0 aliphatic carbocycles. The van der Waals surface area contributed by atoms with Crippen molar-refractivity contribution in [3.8, 4) is 0 Å². The molecule has 1 aliphatic rings. The normalized spacial score (nSPS) is 14.6. The number of cyclic esters (lactones) is 1. The van der Waals surface area contributed by atoms with E-state index in [0.29, 0.717) is 28.9 Å². The van der Waals surface area contributed by atoms with Crippen LogP contribution in [0.3, 0.4) is 0 Å². The van der Waals surface area contributed by atoms with E-state index < -0.39 is 6.09 Å². The SMILES string of the molecule is O=C(CN1CCOC1=O)Nc1ccc(Cl)c(Cl)c1. The first-order valence-corrected chi connectivity index (χ1v) is 5.98. The Balaban J connectivity index is 1.94. The number of carbonyl (C=O) groups excluding carboxylic acids is 2. The third-order valence-corrected chi connectivity index (χ3v) is 3.12. The molecule has 2 rings (SSSR count). The van der Waals surface area contributed by atoms with Gasteiger partial charge < -0.3 is 10.1 Å². The Morgan fingerprint density at radius 3 is 2.78 bits per heavy atom. The first-order valence-electron chi connectivity index (χ1n) is 5.23. The van der Waals surface area contributed by atoms with Crippen LogP contribution < -0.4 is 5.32 Å². The van der Waals surface area contributed by atoms with E-state index in [1.165, 1.54) is 4.90 Å². The molecule has 1 aromatic carbocycles. The molecule has 0 aromatic heterocycles. The van der Waals surface area contributed by atoms with Gasteiger partial charge in [-0.2, -0.15) is 0 Å². The average molecular weight is 289 g/mol. The van der Waals surface area contributed by atoms with Gasteiger partial charge in [0, 0.05) is 5.69 Å².